The predicted molar refractivity (Wildman–Crippen MR) is 77.0 cm³/mol. The van der Waals surface area contributed by atoms with E-state index in [9.17, 15) is 0 Å². The van der Waals surface area contributed by atoms with Crippen LogP contribution in [-0.4, -0.2) is 18.6 Å². The number of para-hydroxylation sites is 1. The normalized spacial score (nSPS) is 22.6. The third-order valence-electron chi connectivity index (χ3n) is 4.85. The van der Waals surface area contributed by atoms with E-state index in [4.69, 9.17) is 5.73 Å². The number of nitrogens with two attached hydrogens (primary N) is 1. The quantitative estimate of drug-likeness (QED) is 0.866. The standard InChI is InChI=1S/C16H24N2/c17-13-16(10-4-1-5-11-16)18-12-6-8-14-7-2-3-9-15(14)18/h2-3,7,9H,1,4-6,8,10-13,17H2. The van der Waals surface area contributed by atoms with Crippen molar-refractivity contribution in [3.8, 4) is 0 Å². The molecule has 98 valence electrons. The fourth-order valence-electron chi connectivity index (χ4n) is 3.82. The van der Waals surface area contributed by atoms with Gasteiger partial charge in [-0.15, -0.1) is 0 Å². The molecular weight excluding hydrogens is 220 g/mol. The number of rotatable bonds is 2. The van der Waals surface area contributed by atoms with Crippen molar-refractivity contribution < 1.29 is 0 Å². The van der Waals surface area contributed by atoms with Crippen LogP contribution in [0.4, 0.5) is 5.69 Å². The Kier molecular flexibility index (Phi) is 3.29. The smallest absolute Gasteiger partial charge is 0.0524 e. The molecule has 1 fully saturated rings. The molecule has 0 aromatic heterocycles. The zero-order valence-corrected chi connectivity index (χ0v) is 11.2. The van der Waals surface area contributed by atoms with Crippen molar-refractivity contribution in [3.63, 3.8) is 0 Å². The lowest BCUT2D eigenvalue weighted by molar-refractivity contribution is 0.276. The van der Waals surface area contributed by atoms with Crippen LogP contribution in [0, 0.1) is 0 Å². The van der Waals surface area contributed by atoms with E-state index in [-0.39, 0.29) is 5.54 Å². The maximum absolute atomic E-state index is 6.18. The molecule has 3 rings (SSSR count). The van der Waals surface area contributed by atoms with Gasteiger partial charge >= 0.3 is 0 Å². The lowest BCUT2D eigenvalue weighted by atomic mass is 9.78. The van der Waals surface area contributed by atoms with E-state index in [0.29, 0.717) is 0 Å². The number of aryl methyl sites for hydroxylation is 1. The molecule has 18 heavy (non-hydrogen) atoms. The third-order valence-corrected chi connectivity index (χ3v) is 4.85. The summed E-state index contributed by atoms with van der Waals surface area (Å²) in [6, 6.07) is 8.91. The molecule has 2 N–H and O–H groups in total. The van der Waals surface area contributed by atoms with E-state index in [0.717, 1.165) is 6.54 Å². The van der Waals surface area contributed by atoms with Gasteiger partial charge in [-0.3, -0.25) is 0 Å². The minimum absolute atomic E-state index is 0.245. The van der Waals surface area contributed by atoms with E-state index >= 15 is 0 Å². The summed E-state index contributed by atoms with van der Waals surface area (Å²) in [6.45, 7) is 2.00. The predicted octanol–water partition coefficient (Wildman–Crippen LogP) is 3.10. The van der Waals surface area contributed by atoms with Gasteiger partial charge in [-0.1, -0.05) is 37.5 Å². The van der Waals surface area contributed by atoms with Crippen LogP contribution in [0.5, 0.6) is 0 Å². The first-order valence-electron chi connectivity index (χ1n) is 7.41. The van der Waals surface area contributed by atoms with Crippen molar-refractivity contribution in [2.24, 2.45) is 5.73 Å². The zero-order chi connectivity index (χ0) is 12.4. The zero-order valence-electron chi connectivity index (χ0n) is 11.2. The van der Waals surface area contributed by atoms with Gasteiger partial charge in [0.2, 0.25) is 0 Å². The Labute approximate surface area is 110 Å². The van der Waals surface area contributed by atoms with Crippen LogP contribution in [0.25, 0.3) is 0 Å². The van der Waals surface area contributed by atoms with E-state index in [1.807, 2.05) is 0 Å². The number of nitrogens with zero attached hydrogens (tertiary/aromatic N) is 1. The largest absolute Gasteiger partial charge is 0.364 e. The number of anilines is 1. The van der Waals surface area contributed by atoms with Gasteiger partial charge in [0.25, 0.3) is 0 Å². The molecule has 0 radical (unpaired) electrons. The molecule has 2 nitrogen and oxygen atoms in total. The third kappa shape index (κ3) is 1.93. The Balaban J connectivity index is 1.96. The SMILES string of the molecule is NCC1(N2CCCc3ccccc32)CCCCC1. The molecule has 0 saturated heterocycles. The second kappa shape index (κ2) is 4.93. The highest BCUT2D eigenvalue weighted by Gasteiger charge is 2.38. The lowest BCUT2D eigenvalue weighted by Crippen LogP contribution is -2.56. The van der Waals surface area contributed by atoms with Crippen LogP contribution < -0.4 is 10.6 Å². The van der Waals surface area contributed by atoms with Gasteiger partial charge in [-0.05, 0) is 37.3 Å². The summed E-state index contributed by atoms with van der Waals surface area (Å²) in [5, 5.41) is 0. The molecule has 1 heterocycles. The summed E-state index contributed by atoms with van der Waals surface area (Å²) in [5.41, 5.74) is 9.40. The van der Waals surface area contributed by atoms with Crippen LogP contribution in [0.1, 0.15) is 44.1 Å². The molecule has 2 heteroatoms. The first-order valence-corrected chi connectivity index (χ1v) is 7.41. The van der Waals surface area contributed by atoms with E-state index in [1.54, 1.807) is 0 Å². The van der Waals surface area contributed by atoms with E-state index in [2.05, 4.69) is 29.2 Å². The maximum atomic E-state index is 6.18. The Morgan fingerprint density at radius 1 is 1.06 bits per heavy atom. The van der Waals surface area contributed by atoms with Crippen molar-refractivity contribution in [1.82, 2.24) is 0 Å². The van der Waals surface area contributed by atoms with Gasteiger partial charge in [0.15, 0.2) is 0 Å². The lowest BCUT2D eigenvalue weighted by Gasteiger charge is -2.49. The maximum Gasteiger partial charge on any atom is 0.0524 e. The molecule has 1 aromatic rings. The van der Waals surface area contributed by atoms with Crippen LogP contribution >= 0.6 is 0 Å². The fourth-order valence-corrected chi connectivity index (χ4v) is 3.82. The molecule has 1 saturated carbocycles. The molecule has 0 spiro atoms. The van der Waals surface area contributed by atoms with E-state index in [1.165, 1.54) is 62.7 Å². The molecule has 0 bridgehead atoms. The van der Waals surface area contributed by atoms with Gasteiger partial charge < -0.3 is 10.6 Å². The van der Waals surface area contributed by atoms with Gasteiger partial charge in [0, 0.05) is 18.8 Å². The summed E-state index contributed by atoms with van der Waals surface area (Å²) in [6.07, 6.45) is 9.13. The first-order chi connectivity index (χ1) is 8.86. The van der Waals surface area contributed by atoms with Crippen LogP contribution in [0.15, 0.2) is 24.3 Å². The van der Waals surface area contributed by atoms with Crippen molar-refractivity contribution in [2.75, 3.05) is 18.0 Å². The van der Waals surface area contributed by atoms with Gasteiger partial charge in [-0.25, -0.2) is 0 Å². The molecule has 0 unspecified atom stereocenters. The Morgan fingerprint density at radius 2 is 1.83 bits per heavy atom. The second-order valence-corrected chi connectivity index (χ2v) is 5.87. The Bertz CT molecular complexity index is 407. The summed E-state index contributed by atoms with van der Waals surface area (Å²) < 4.78 is 0. The van der Waals surface area contributed by atoms with Gasteiger partial charge in [0.05, 0.1) is 5.54 Å². The molecular formula is C16H24N2. The fraction of sp³-hybridized carbons (Fsp3) is 0.625. The highest BCUT2D eigenvalue weighted by molar-refractivity contribution is 5.57. The Morgan fingerprint density at radius 3 is 2.61 bits per heavy atom. The Hall–Kier alpha value is -1.02. The highest BCUT2D eigenvalue weighted by atomic mass is 15.2. The van der Waals surface area contributed by atoms with Gasteiger partial charge in [0.1, 0.15) is 0 Å². The summed E-state index contributed by atoms with van der Waals surface area (Å²) in [7, 11) is 0. The van der Waals surface area contributed by atoms with Crippen molar-refractivity contribution in [2.45, 2.75) is 50.5 Å². The topological polar surface area (TPSA) is 29.3 Å². The molecule has 2 aliphatic rings. The minimum Gasteiger partial charge on any atom is -0.364 e. The van der Waals surface area contributed by atoms with Crippen molar-refractivity contribution in [1.29, 1.82) is 0 Å². The average molecular weight is 244 g/mol. The number of fused-ring (bicyclic) bond motifs is 1. The van der Waals surface area contributed by atoms with Crippen LogP contribution in [-0.2, 0) is 6.42 Å². The van der Waals surface area contributed by atoms with Crippen molar-refractivity contribution in [3.05, 3.63) is 29.8 Å². The van der Waals surface area contributed by atoms with Crippen LogP contribution in [0.3, 0.4) is 0 Å². The minimum atomic E-state index is 0.245. The summed E-state index contributed by atoms with van der Waals surface area (Å²) >= 11 is 0. The average Bonchev–Trinajstić information content (AvgIpc) is 2.47. The summed E-state index contributed by atoms with van der Waals surface area (Å²) in [5.74, 6) is 0. The highest BCUT2D eigenvalue weighted by Crippen LogP contribution is 2.39. The molecule has 1 aliphatic heterocycles. The summed E-state index contributed by atoms with van der Waals surface area (Å²) in [4.78, 5) is 2.64. The number of hydrogen-bond donors (Lipinski definition) is 1. The molecule has 0 atom stereocenters. The molecule has 1 aromatic carbocycles. The van der Waals surface area contributed by atoms with Gasteiger partial charge in [-0.2, -0.15) is 0 Å². The monoisotopic (exact) mass is 244 g/mol. The first kappa shape index (κ1) is 12.0. The van der Waals surface area contributed by atoms with Crippen LogP contribution in [0.2, 0.25) is 0 Å². The number of benzene rings is 1. The molecule has 1 aliphatic carbocycles. The molecule has 0 amide bonds. The second-order valence-electron chi connectivity index (χ2n) is 5.87. The van der Waals surface area contributed by atoms with E-state index < -0.39 is 0 Å². The van der Waals surface area contributed by atoms with Crippen molar-refractivity contribution >= 4 is 5.69 Å². The number of hydrogen-bond acceptors (Lipinski definition) is 2.